The molecule has 0 spiro atoms. The zero-order valence-corrected chi connectivity index (χ0v) is 7.82. The summed E-state index contributed by atoms with van der Waals surface area (Å²) in [6, 6.07) is 1.90. The van der Waals surface area contributed by atoms with Crippen molar-refractivity contribution in [2.75, 3.05) is 18.5 Å². The summed E-state index contributed by atoms with van der Waals surface area (Å²) in [5.41, 5.74) is 0.958. The molecule has 0 fully saturated rings. The second kappa shape index (κ2) is 5.48. The molecule has 1 rings (SSSR count). The molecule has 0 aliphatic heterocycles. The van der Waals surface area contributed by atoms with Crippen LogP contribution >= 0.6 is 0 Å². The molecule has 1 heterocycles. The van der Waals surface area contributed by atoms with Gasteiger partial charge in [0.2, 0.25) is 0 Å². The minimum absolute atomic E-state index is 0.254. The van der Waals surface area contributed by atoms with Crippen molar-refractivity contribution in [2.45, 2.75) is 19.8 Å². The van der Waals surface area contributed by atoms with Gasteiger partial charge in [-0.3, -0.25) is 0 Å². The lowest BCUT2D eigenvalue weighted by atomic mass is 10.3. The van der Waals surface area contributed by atoms with Crippen LogP contribution in [0, 0.1) is 6.92 Å². The van der Waals surface area contributed by atoms with Crippen molar-refractivity contribution in [1.82, 2.24) is 9.97 Å². The molecule has 13 heavy (non-hydrogen) atoms. The highest BCUT2D eigenvalue weighted by molar-refractivity contribution is 5.33. The monoisotopic (exact) mass is 181 g/mol. The number of nitrogens with zero attached hydrogens (tertiary/aromatic N) is 2. The molecular formula is C9H15N3O. The van der Waals surface area contributed by atoms with Gasteiger partial charge in [-0.15, -0.1) is 0 Å². The van der Waals surface area contributed by atoms with Gasteiger partial charge in [-0.25, -0.2) is 9.97 Å². The average molecular weight is 181 g/mol. The van der Waals surface area contributed by atoms with E-state index in [1.807, 2.05) is 13.0 Å². The Labute approximate surface area is 78.0 Å². The Kier molecular flexibility index (Phi) is 4.18. The van der Waals surface area contributed by atoms with Crippen molar-refractivity contribution in [3.05, 3.63) is 18.1 Å². The first-order chi connectivity index (χ1) is 6.33. The molecule has 0 bridgehead atoms. The van der Waals surface area contributed by atoms with Crippen LogP contribution in [-0.2, 0) is 0 Å². The quantitative estimate of drug-likeness (QED) is 0.664. The van der Waals surface area contributed by atoms with Gasteiger partial charge < -0.3 is 10.4 Å². The maximum atomic E-state index is 8.55. The molecule has 0 unspecified atom stereocenters. The molecule has 2 N–H and O–H groups in total. The van der Waals surface area contributed by atoms with Crippen molar-refractivity contribution < 1.29 is 5.11 Å². The summed E-state index contributed by atoms with van der Waals surface area (Å²) >= 11 is 0. The predicted molar refractivity (Wildman–Crippen MR) is 51.6 cm³/mol. The fraction of sp³-hybridized carbons (Fsp3) is 0.556. The van der Waals surface area contributed by atoms with Crippen molar-refractivity contribution >= 4 is 5.82 Å². The third-order valence-electron chi connectivity index (χ3n) is 1.69. The third kappa shape index (κ3) is 3.85. The van der Waals surface area contributed by atoms with E-state index < -0.39 is 0 Å². The van der Waals surface area contributed by atoms with Gasteiger partial charge in [0.05, 0.1) is 0 Å². The van der Waals surface area contributed by atoms with Crippen LogP contribution in [0.4, 0.5) is 5.82 Å². The van der Waals surface area contributed by atoms with Gasteiger partial charge in [0.1, 0.15) is 12.1 Å². The smallest absolute Gasteiger partial charge is 0.129 e. The molecular weight excluding hydrogens is 166 g/mol. The molecule has 4 heteroatoms. The Balaban J connectivity index is 2.28. The lowest BCUT2D eigenvalue weighted by Gasteiger charge is -2.04. The number of aliphatic hydroxyl groups excluding tert-OH is 1. The van der Waals surface area contributed by atoms with Crippen LogP contribution in [0.1, 0.15) is 18.5 Å². The minimum atomic E-state index is 0.254. The summed E-state index contributed by atoms with van der Waals surface area (Å²) in [4.78, 5) is 8.05. The number of aliphatic hydroxyl groups is 1. The molecule has 0 saturated heterocycles. The van der Waals surface area contributed by atoms with E-state index in [0.29, 0.717) is 0 Å². The largest absolute Gasteiger partial charge is 0.396 e. The second-order valence-corrected chi connectivity index (χ2v) is 2.90. The van der Waals surface area contributed by atoms with Gasteiger partial charge in [-0.2, -0.15) is 0 Å². The number of aryl methyl sites for hydroxylation is 1. The third-order valence-corrected chi connectivity index (χ3v) is 1.69. The molecule has 72 valence electrons. The van der Waals surface area contributed by atoms with Crippen molar-refractivity contribution in [2.24, 2.45) is 0 Å². The van der Waals surface area contributed by atoms with Gasteiger partial charge in [0.15, 0.2) is 0 Å². The number of hydrogen-bond acceptors (Lipinski definition) is 4. The van der Waals surface area contributed by atoms with Crippen LogP contribution in [-0.4, -0.2) is 28.2 Å². The lowest BCUT2D eigenvalue weighted by molar-refractivity contribution is 0.286. The summed E-state index contributed by atoms with van der Waals surface area (Å²) in [5.74, 6) is 0.852. The molecule has 0 atom stereocenters. The predicted octanol–water partition coefficient (Wildman–Crippen LogP) is 0.969. The molecule has 1 aromatic heterocycles. The highest BCUT2D eigenvalue weighted by atomic mass is 16.2. The lowest BCUT2D eigenvalue weighted by Crippen LogP contribution is -2.04. The molecule has 1 aromatic rings. The van der Waals surface area contributed by atoms with E-state index in [1.165, 1.54) is 0 Å². The maximum Gasteiger partial charge on any atom is 0.129 e. The van der Waals surface area contributed by atoms with Gasteiger partial charge in [-0.05, 0) is 19.8 Å². The standard InChI is InChI=1S/C9H15N3O/c1-8-6-9(12-7-11-8)10-4-2-3-5-13/h6-7,13H,2-5H2,1H3,(H,10,11,12). The normalized spacial score (nSPS) is 10.0. The van der Waals surface area contributed by atoms with E-state index in [2.05, 4.69) is 15.3 Å². The zero-order chi connectivity index (χ0) is 9.52. The number of unbranched alkanes of at least 4 members (excludes halogenated alkanes) is 1. The number of hydrogen-bond donors (Lipinski definition) is 2. The summed E-state index contributed by atoms with van der Waals surface area (Å²) in [7, 11) is 0. The van der Waals surface area contributed by atoms with Gasteiger partial charge in [0, 0.05) is 24.9 Å². The van der Waals surface area contributed by atoms with Crippen LogP contribution in [0.2, 0.25) is 0 Å². The Morgan fingerprint density at radius 2 is 2.23 bits per heavy atom. The van der Waals surface area contributed by atoms with Crippen molar-refractivity contribution in [3.8, 4) is 0 Å². The molecule has 0 aromatic carbocycles. The van der Waals surface area contributed by atoms with E-state index >= 15 is 0 Å². The SMILES string of the molecule is Cc1cc(NCCCCO)ncn1. The van der Waals surface area contributed by atoms with Crippen LogP contribution in [0.3, 0.4) is 0 Å². The Bertz CT molecular complexity index is 252. The van der Waals surface area contributed by atoms with Crippen LogP contribution in [0.15, 0.2) is 12.4 Å². The molecule has 0 aliphatic carbocycles. The van der Waals surface area contributed by atoms with Gasteiger partial charge in [0.25, 0.3) is 0 Å². The van der Waals surface area contributed by atoms with E-state index in [9.17, 15) is 0 Å². The average Bonchev–Trinajstić information content (AvgIpc) is 2.13. The number of anilines is 1. The van der Waals surface area contributed by atoms with Crippen LogP contribution in [0.25, 0.3) is 0 Å². The Hall–Kier alpha value is -1.16. The fourth-order valence-corrected chi connectivity index (χ4v) is 1.00. The minimum Gasteiger partial charge on any atom is -0.396 e. The van der Waals surface area contributed by atoms with E-state index in [-0.39, 0.29) is 6.61 Å². The molecule has 4 nitrogen and oxygen atoms in total. The Morgan fingerprint density at radius 3 is 2.92 bits per heavy atom. The summed E-state index contributed by atoms with van der Waals surface area (Å²) in [5, 5.41) is 11.7. The highest BCUT2D eigenvalue weighted by Crippen LogP contribution is 2.02. The highest BCUT2D eigenvalue weighted by Gasteiger charge is 1.93. The fourth-order valence-electron chi connectivity index (χ4n) is 1.00. The molecule has 0 amide bonds. The first-order valence-corrected chi connectivity index (χ1v) is 4.46. The number of rotatable bonds is 5. The first kappa shape index (κ1) is 9.92. The van der Waals surface area contributed by atoms with Gasteiger partial charge >= 0.3 is 0 Å². The Morgan fingerprint density at radius 1 is 1.38 bits per heavy atom. The second-order valence-electron chi connectivity index (χ2n) is 2.90. The van der Waals surface area contributed by atoms with Crippen molar-refractivity contribution in [3.63, 3.8) is 0 Å². The van der Waals surface area contributed by atoms with Crippen LogP contribution in [0.5, 0.6) is 0 Å². The maximum absolute atomic E-state index is 8.55. The van der Waals surface area contributed by atoms with Crippen LogP contribution < -0.4 is 5.32 Å². The number of aromatic nitrogens is 2. The van der Waals surface area contributed by atoms with Crippen molar-refractivity contribution in [1.29, 1.82) is 0 Å². The summed E-state index contributed by atoms with van der Waals surface area (Å²) in [6.45, 7) is 3.03. The summed E-state index contributed by atoms with van der Waals surface area (Å²) in [6.07, 6.45) is 3.33. The summed E-state index contributed by atoms with van der Waals surface area (Å²) < 4.78 is 0. The first-order valence-electron chi connectivity index (χ1n) is 4.46. The van der Waals surface area contributed by atoms with Gasteiger partial charge in [-0.1, -0.05) is 0 Å². The van der Waals surface area contributed by atoms with E-state index in [0.717, 1.165) is 30.9 Å². The molecule has 0 radical (unpaired) electrons. The molecule has 0 aliphatic rings. The topological polar surface area (TPSA) is 58.0 Å². The zero-order valence-electron chi connectivity index (χ0n) is 7.82. The number of nitrogens with one attached hydrogen (secondary N) is 1. The molecule has 0 saturated carbocycles. The van der Waals surface area contributed by atoms with E-state index in [1.54, 1.807) is 6.33 Å². The van der Waals surface area contributed by atoms with E-state index in [4.69, 9.17) is 5.11 Å².